The first-order chi connectivity index (χ1) is 10.2. The Morgan fingerprint density at radius 2 is 2.23 bits per heavy atom. The number of carbonyl (C=O) groups excluding carboxylic acids is 1. The monoisotopic (exact) mass is 309 g/mol. The fourth-order valence-corrected chi connectivity index (χ4v) is 1.52. The van der Waals surface area contributed by atoms with Crippen molar-refractivity contribution >= 4 is 11.6 Å². The normalized spacial score (nSPS) is 13.1. The Kier molecular flexibility index (Phi) is 5.40. The Morgan fingerprint density at radius 1 is 1.59 bits per heavy atom. The fourth-order valence-electron chi connectivity index (χ4n) is 1.52. The molecular weight excluding hydrogens is 293 g/mol. The maximum absolute atomic E-state index is 13.1. The topological polar surface area (TPSA) is 105 Å². The molecule has 1 amide bonds. The van der Waals surface area contributed by atoms with Crippen LogP contribution in [0.2, 0.25) is 0 Å². The van der Waals surface area contributed by atoms with Crippen LogP contribution in [0.3, 0.4) is 0 Å². The zero-order valence-corrected chi connectivity index (χ0v) is 12.4. The molecule has 0 radical (unpaired) electrons. The Labute approximate surface area is 126 Å². The van der Waals surface area contributed by atoms with E-state index in [2.05, 4.69) is 5.32 Å². The SMILES string of the molecule is CC(C)C(C)(C#N)NC(=O)COc1cc(F)ccc1[N+](=O)[O-]. The van der Waals surface area contributed by atoms with E-state index < -0.39 is 34.5 Å². The molecule has 1 N–H and O–H groups in total. The maximum Gasteiger partial charge on any atom is 0.311 e. The number of ether oxygens (including phenoxy) is 1. The van der Waals surface area contributed by atoms with Crippen molar-refractivity contribution < 1.29 is 18.8 Å². The van der Waals surface area contributed by atoms with Crippen LogP contribution >= 0.6 is 0 Å². The Hall–Kier alpha value is -2.69. The largest absolute Gasteiger partial charge is 0.477 e. The third-order valence-electron chi connectivity index (χ3n) is 3.26. The van der Waals surface area contributed by atoms with Gasteiger partial charge in [0.1, 0.15) is 11.4 Å². The molecule has 1 aromatic rings. The average molecular weight is 309 g/mol. The molecule has 0 fully saturated rings. The van der Waals surface area contributed by atoms with E-state index >= 15 is 0 Å². The lowest BCUT2D eigenvalue weighted by atomic mass is 9.90. The number of hydrogen-bond acceptors (Lipinski definition) is 5. The fraction of sp³-hybridized carbons (Fsp3) is 0.429. The molecule has 1 unspecified atom stereocenters. The van der Waals surface area contributed by atoms with Crippen LogP contribution in [0.5, 0.6) is 5.75 Å². The standard InChI is InChI=1S/C14H16FN3O4/c1-9(2)14(3,8-16)17-13(19)7-22-12-6-10(15)4-5-11(12)18(20)21/h4-6,9H,7H2,1-3H3,(H,17,19). The second-order valence-corrected chi connectivity index (χ2v) is 5.17. The maximum atomic E-state index is 13.1. The van der Waals surface area contributed by atoms with Crippen molar-refractivity contribution in [2.75, 3.05) is 6.61 Å². The number of nitriles is 1. The van der Waals surface area contributed by atoms with Crippen molar-refractivity contribution in [3.63, 3.8) is 0 Å². The summed E-state index contributed by atoms with van der Waals surface area (Å²) in [5.41, 5.74) is -1.53. The molecule has 1 aromatic carbocycles. The lowest BCUT2D eigenvalue weighted by Crippen LogP contribution is -2.50. The zero-order chi connectivity index (χ0) is 16.9. The molecule has 8 heteroatoms. The molecule has 0 heterocycles. The molecule has 0 aliphatic rings. The molecule has 22 heavy (non-hydrogen) atoms. The van der Waals surface area contributed by atoms with Crippen LogP contribution in [0.4, 0.5) is 10.1 Å². The number of carbonyl (C=O) groups is 1. The van der Waals surface area contributed by atoms with Crippen LogP contribution in [0.15, 0.2) is 18.2 Å². The molecule has 0 aliphatic heterocycles. The highest BCUT2D eigenvalue weighted by Gasteiger charge is 2.30. The minimum absolute atomic E-state index is 0.148. The van der Waals surface area contributed by atoms with Crippen molar-refractivity contribution in [2.45, 2.75) is 26.3 Å². The smallest absolute Gasteiger partial charge is 0.311 e. The summed E-state index contributed by atoms with van der Waals surface area (Å²) in [5, 5.41) is 22.4. The summed E-state index contributed by atoms with van der Waals surface area (Å²) in [6, 6.07) is 4.70. The molecule has 0 bridgehead atoms. The zero-order valence-electron chi connectivity index (χ0n) is 12.4. The van der Waals surface area contributed by atoms with E-state index in [1.165, 1.54) is 0 Å². The van der Waals surface area contributed by atoms with Crippen molar-refractivity contribution in [1.82, 2.24) is 5.32 Å². The summed E-state index contributed by atoms with van der Waals surface area (Å²) in [5.74, 6) is -1.84. The average Bonchev–Trinajstić information content (AvgIpc) is 2.44. The number of halogens is 1. The van der Waals surface area contributed by atoms with Crippen LogP contribution in [-0.4, -0.2) is 23.0 Å². The lowest BCUT2D eigenvalue weighted by molar-refractivity contribution is -0.385. The summed E-state index contributed by atoms with van der Waals surface area (Å²) in [6.45, 7) is 4.53. The van der Waals surface area contributed by atoms with E-state index in [0.717, 1.165) is 18.2 Å². The summed E-state index contributed by atoms with van der Waals surface area (Å²) < 4.78 is 18.1. The van der Waals surface area contributed by atoms with Gasteiger partial charge in [0.25, 0.3) is 5.91 Å². The van der Waals surface area contributed by atoms with Gasteiger partial charge in [-0.15, -0.1) is 0 Å². The number of nitro groups is 1. The van der Waals surface area contributed by atoms with Gasteiger partial charge in [-0.3, -0.25) is 14.9 Å². The van der Waals surface area contributed by atoms with Gasteiger partial charge in [0, 0.05) is 12.1 Å². The first-order valence-electron chi connectivity index (χ1n) is 6.48. The molecule has 1 atom stereocenters. The highest BCUT2D eigenvalue weighted by Crippen LogP contribution is 2.27. The van der Waals surface area contributed by atoms with E-state index in [4.69, 9.17) is 10.00 Å². The van der Waals surface area contributed by atoms with E-state index in [-0.39, 0.29) is 11.7 Å². The minimum Gasteiger partial charge on any atom is -0.477 e. The van der Waals surface area contributed by atoms with Crippen molar-refractivity contribution in [1.29, 1.82) is 5.26 Å². The summed E-state index contributed by atoms with van der Waals surface area (Å²) in [6.07, 6.45) is 0. The van der Waals surface area contributed by atoms with Gasteiger partial charge in [-0.1, -0.05) is 13.8 Å². The number of benzene rings is 1. The molecule has 0 aromatic heterocycles. The lowest BCUT2D eigenvalue weighted by Gasteiger charge is -2.27. The molecule has 0 saturated carbocycles. The number of nitro benzene ring substituents is 1. The first-order valence-corrected chi connectivity index (χ1v) is 6.48. The van der Waals surface area contributed by atoms with Crippen molar-refractivity contribution in [3.05, 3.63) is 34.1 Å². The quantitative estimate of drug-likeness (QED) is 0.640. The van der Waals surface area contributed by atoms with Gasteiger partial charge in [-0.2, -0.15) is 5.26 Å². The van der Waals surface area contributed by atoms with Crippen LogP contribution < -0.4 is 10.1 Å². The number of amides is 1. The summed E-state index contributed by atoms with van der Waals surface area (Å²) in [7, 11) is 0. The van der Waals surface area contributed by atoms with Gasteiger partial charge >= 0.3 is 5.69 Å². The molecular formula is C14H16FN3O4. The predicted octanol–water partition coefficient (Wildman–Crippen LogP) is 2.17. The molecule has 0 aliphatic carbocycles. The van der Waals surface area contributed by atoms with Crippen LogP contribution in [0.1, 0.15) is 20.8 Å². The Morgan fingerprint density at radius 3 is 2.73 bits per heavy atom. The van der Waals surface area contributed by atoms with Crippen LogP contribution in [-0.2, 0) is 4.79 Å². The molecule has 1 rings (SSSR count). The molecule has 118 valence electrons. The summed E-state index contributed by atoms with van der Waals surface area (Å²) in [4.78, 5) is 21.9. The molecule has 7 nitrogen and oxygen atoms in total. The van der Waals surface area contributed by atoms with Gasteiger partial charge in [0.15, 0.2) is 6.61 Å². The Bertz CT molecular complexity index is 627. The van der Waals surface area contributed by atoms with Crippen molar-refractivity contribution in [3.8, 4) is 11.8 Å². The van der Waals surface area contributed by atoms with E-state index in [1.807, 2.05) is 6.07 Å². The van der Waals surface area contributed by atoms with E-state index in [0.29, 0.717) is 0 Å². The van der Waals surface area contributed by atoms with Gasteiger partial charge < -0.3 is 10.1 Å². The number of nitrogens with zero attached hydrogens (tertiary/aromatic N) is 2. The minimum atomic E-state index is -1.09. The second-order valence-electron chi connectivity index (χ2n) is 5.17. The Balaban J connectivity index is 2.79. The van der Waals surface area contributed by atoms with Crippen LogP contribution in [0, 0.1) is 33.2 Å². The van der Waals surface area contributed by atoms with Gasteiger partial charge in [-0.05, 0) is 18.9 Å². The number of hydrogen-bond donors (Lipinski definition) is 1. The third kappa shape index (κ3) is 4.15. The highest BCUT2D eigenvalue weighted by molar-refractivity contribution is 5.79. The van der Waals surface area contributed by atoms with E-state index in [9.17, 15) is 19.3 Å². The highest BCUT2D eigenvalue weighted by atomic mass is 19.1. The predicted molar refractivity (Wildman–Crippen MR) is 75.5 cm³/mol. The van der Waals surface area contributed by atoms with E-state index in [1.54, 1.807) is 20.8 Å². The first kappa shape index (κ1) is 17.4. The number of rotatable bonds is 6. The van der Waals surface area contributed by atoms with Crippen molar-refractivity contribution in [2.24, 2.45) is 5.92 Å². The molecule has 0 spiro atoms. The molecule has 0 saturated heterocycles. The number of nitrogens with one attached hydrogen (secondary N) is 1. The van der Waals surface area contributed by atoms with Gasteiger partial charge in [0.2, 0.25) is 5.75 Å². The van der Waals surface area contributed by atoms with Gasteiger partial charge in [-0.25, -0.2) is 4.39 Å². The van der Waals surface area contributed by atoms with Gasteiger partial charge in [0.05, 0.1) is 11.0 Å². The second kappa shape index (κ2) is 6.85. The summed E-state index contributed by atoms with van der Waals surface area (Å²) >= 11 is 0. The third-order valence-corrected chi connectivity index (χ3v) is 3.26. The van der Waals surface area contributed by atoms with Crippen LogP contribution in [0.25, 0.3) is 0 Å².